The minimum atomic E-state index is 0.112. The Balaban J connectivity index is 5.00. The summed E-state index contributed by atoms with van der Waals surface area (Å²) in [5, 5.41) is 3.56. The Morgan fingerprint density at radius 2 is 1.33 bits per heavy atom. The second-order valence-electron chi connectivity index (χ2n) is 6.03. The molecule has 1 heteroatoms. The Hall–Kier alpha value is -0.720. The van der Waals surface area contributed by atoms with Crippen LogP contribution in [0.25, 0.3) is 0 Å². The van der Waals surface area contributed by atoms with Gasteiger partial charge >= 0.3 is 0 Å². The van der Waals surface area contributed by atoms with Gasteiger partial charge in [-0.25, -0.2) is 0 Å². The average Bonchev–Trinajstić information content (AvgIpc) is 1.98. The van der Waals surface area contributed by atoms with E-state index in [-0.39, 0.29) is 11.0 Å². The van der Waals surface area contributed by atoms with Crippen LogP contribution in [0.2, 0.25) is 0 Å². The van der Waals surface area contributed by atoms with Crippen molar-refractivity contribution in [2.45, 2.75) is 60.9 Å². The zero-order valence-corrected chi connectivity index (χ0v) is 11.7. The van der Waals surface area contributed by atoms with Crippen molar-refractivity contribution >= 4 is 0 Å². The molecule has 1 nitrogen and oxygen atoms in total. The van der Waals surface area contributed by atoms with Crippen molar-refractivity contribution in [2.75, 3.05) is 0 Å². The number of allylic oxidation sites excluding steroid dienone is 3. The molecule has 0 saturated carbocycles. The van der Waals surface area contributed by atoms with Crippen LogP contribution in [-0.4, -0.2) is 5.54 Å². The average molecular weight is 209 g/mol. The Labute approximate surface area is 95.7 Å². The van der Waals surface area contributed by atoms with Gasteiger partial charge in [-0.05, 0) is 45.6 Å². The third-order valence-electron chi connectivity index (χ3n) is 2.19. The first-order chi connectivity index (χ1) is 6.61. The topological polar surface area (TPSA) is 12.0 Å². The van der Waals surface area contributed by atoms with Gasteiger partial charge in [0.2, 0.25) is 0 Å². The van der Waals surface area contributed by atoms with Crippen LogP contribution in [0, 0.1) is 5.41 Å². The maximum Gasteiger partial charge on any atom is 0.0335 e. The van der Waals surface area contributed by atoms with Crippen LogP contribution in [0.15, 0.2) is 23.4 Å². The molecule has 0 aromatic rings. The number of rotatable bonds is 2. The summed E-state index contributed by atoms with van der Waals surface area (Å²) < 4.78 is 0. The Morgan fingerprint density at radius 1 is 0.867 bits per heavy atom. The molecule has 0 fully saturated rings. The molecular formula is C14H27N. The molecule has 0 amide bonds. The van der Waals surface area contributed by atoms with E-state index in [1.54, 1.807) is 0 Å². The van der Waals surface area contributed by atoms with Crippen molar-refractivity contribution in [3.63, 3.8) is 0 Å². The predicted molar refractivity (Wildman–Crippen MR) is 69.9 cm³/mol. The highest BCUT2D eigenvalue weighted by atomic mass is 15.0. The number of nitrogens with one attached hydrogen (secondary N) is 1. The van der Waals surface area contributed by atoms with Gasteiger partial charge in [-0.2, -0.15) is 0 Å². The molecule has 0 atom stereocenters. The first kappa shape index (κ1) is 14.3. The Bertz CT molecular complexity index is 256. The number of hydrogen-bond donors (Lipinski definition) is 1. The van der Waals surface area contributed by atoms with Crippen LogP contribution >= 0.6 is 0 Å². The molecule has 0 bridgehead atoms. The second kappa shape index (κ2) is 4.87. The van der Waals surface area contributed by atoms with Crippen molar-refractivity contribution in [3.05, 3.63) is 23.4 Å². The van der Waals surface area contributed by atoms with E-state index in [2.05, 4.69) is 72.9 Å². The Morgan fingerprint density at radius 3 is 1.53 bits per heavy atom. The zero-order chi connectivity index (χ0) is 12.3. The van der Waals surface area contributed by atoms with Gasteiger partial charge in [0.1, 0.15) is 0 Å². The third kappa shape index (κ3) is 5.06. The Kier molecular flexibility index (Phi) is 4.64. The molecule has 0 aliphatic heterocycles. The van der Waals surface area contributed by atoms with Gasteiger partial charge in [0.05, 0.1) is 0 Å². The SMILES string of the molecule is C/C=C(\C(=C/C)NC(C)(C)C)C(C)(C)C. The fourth-order valence-corrected chi connectivity index (χ4v) is 1.69. The molecule has 0 aromatic carbocycles. The molecule has 0 aliphatic rings. The monoisotopic (exact) mass is 209 g/mol. The summed E-state index contributed by atoms with van der Waals surface area (Å²) in [4.78, 5) is 0. The first-order valence-electron chi connectivity index (χ1n) is 5.73. The van der Waals surface area contributed by atoms with Gasteiger partial charge in [0.15, 0.2) is 0 Å². The lowest BCUT2D eigenvalue weighted by Crippen LogP contribution is -2.37. The standard InChI is InChI=1S/C14H27N/c1-9-11(13(3,4)5)12(10-2)15-14(6,7)8/h9-10,15H,1-8H3/b11-9+,12-10+. The molecule has 15 heavy (non-hydrogen) atoms. The van der Waals surface area contributed by atoms with Crippen LogP contribution < -0.4 is 5.32 Å². The fraction of sp³-hybridized carbons (Fsp3) is 0.714. The maximum atomic E-state index is 3.56. The van der Waals surface area contributed by atoms with E-state index in [0.717, 1.165) is 0 Å². The van der Waals surface area contributed by atoms with Crippen molar-refractivity contribution in [1.82, 2.24) is 5.32 Å². The lowest BCUT2D eigenvalue weighted by molar-refractivity contribution is 0.444. The fourth-order valence-electron chi connectivity index (χ4n) is 1.69. The molecule has 0 heterocycles. The van der Waals surface area contributed by atoms with Crippen LogP contribution in [0.4, 0.5) is 0 Å². The third-order valence-corrected chi connectivity index (χ3v) is 2.19. The van der Waals surface area contributed by atoms with Crippen molar-refractivity contribution in [3.8, 4) is 0 Å². The lowest BCUT2D eigenvalue weighted by atomic mass is 9.83. The van der Waals surface area contributed by atoms with Crippen molar-refractivity contribution < 1.29 is 0 Å². The van der Waals surface area contributed by atoms with Gasteiger partial charge < -0.3 is 5.32 Å². The van der Waals surface area contributed by atoms with Crippen molar-refractivity contribution in [2.24, 2.45) is 5.41 Å². The van der Waals surface area contributed by atoms with E-state index in [1.165, 1.54) is 11.3 Å². The van der Waals surface area contributed by atoms with Gasteiger partial charge in [0, 0.05) is 11.2 Å². The van der Waals surface area contributed by atoms with E-state index in [1.807, 2.05) is 0 Å². The van der Waals surface area contributed by atoms with E-state index in [0.29, 0.717) is 0 Å². The minimum Gasteiger partial charge on any atom is -0.380 e. The van der Waals surface area contributed by atoms with E-state index in [9.17, 15) is 0 Å². The normalized spacial score (nSPS) is 15.5. The van der Waals surface area contributed by atoms with E-state index >= 15 is 0 Å². The van der Waals surface area contributed by atoms with Gasteiger partial charge in [-0.1, -0.05) is 32.9 Å². The largest absolute Gasteiger partial charge is 0.380 e. The summed E-state index contributed by atoms with van der Waals surface area (Å²) in [6.45, 7) is 17.5. The summed E-state index contributed by atoms with van der Waals surface area (Å²) in [6.07, 6.45) is 4.36. The summed E-state index contributed by atoms with van der Waals surface area (Å²) >= 11 is 0. The highest BCUT2D eigenvalue weighted by Crippen LogP contribution is 2.30. The second-order valence-corrected chi connectivity index (χ2v) is 6.03. The molecule has 0 spiro atoms. The molecular weight excluding hydrogens is 182 g/mol. The van der Waals surface area contributed by atoms with Crippen LogP contribution in [0.3, 0.4) is 0 Å². The summed E-state index contributed by atoms with van der Waals surface area (Å²) in [7, 11) is 0. The van der Waals surface area contributed by atoms with Crippen LogP contribution in [0.1, 0.15) is 55.4 Å². The first-order valence-corrected chi connectivity index (χ1v) is 5.73. The molecule has 0 saturated heterocycles. The molecule has 0 rings (SSSR count). The van der Waals surface area contributed by atoms with Crippen LogP contribution in [0.5, 0.6) is 0 Å². The number of hydrogen-bond acceptors (Lipinski definition) is 1. The summed E-state index contributed by atoms with van der Waals surface area (Å²) in [5.41, 5.74) is 2.92. The molecule has 0 aliphatic carbocycles. The summed E-state index contributed by atoms with van der Waals surface area (Å²) in [6, 6.07) is 0. The smallest absolute Gasteiger partial charge is 0.0335 e. The van der Waals surface area contributed by atoms with E-state index in [4.69, 9.17) is 0 Å². The van der Waals surface area contributed by atoms with Gasteiger partial charge in [-0.3, -0.25) is 0 Å². The highest BCUT2D eigenvalue weighted by Gasteiger charge is 2.22. The molecule has 0 unspecified atom stereocenters. The predicted octanol–water partition coefficient (Wildman–Crippen LogP) is 4.27. The zero-order valence-electron chi connectivity index (χ0n) is 11.7. The van der Waals surface area contributed by atoms with Gasteiger partial charge in [0.25, 0.3) is 0 Å². The van der Waals surface area contributed by atoms with E-state index < -0.39 is 0 Å². The quantitative estimate of drug-likeness (QED) is 0.670. The van der Waals surface area contributed by atoms with Gasteiger partial charge in [-0.15, -0.1) is 0 Å². The molecule has 0 radical (unpaired) electrons. The van der Waals surface area contributed by atoms with Crippen molar-refractivity contribution in [1.29, 1.82) is 0 Å². The maximum absolute atomic E-state index is 3.56. The highest BCUT2D eigenvalue weighted by molar-refractivity contribution is 5.34. The van der Waals surface area contributed by atoms with Crippen LogP contribution in [-0.2, 0) is 0 Å². The lowest BCUT2D eigenvalue weighted by Gasteiger charge is -2.31. The molecule has 0 aromatic heterocycles. The molecule has 1 N–H and O–H groups in total. The minimum absolute atomic E-state index is 0.112. The summed E-state index contributed by atoms with van der Waals surface area (Å²) in [5.74, 6) is 0. The molecule has 88 valence electrons.